The highest BCUT2D eigenvalue weighted by molar-refractivity contribution is 5.34. The number of allylic oxidation sites excluding steroid dienone is 4. The van der Waals surface area contributed by atoms with Gasteiger partial charge in [-0.3, -0.25) is 0 Å². The van der Waals surface area contributed by atoms with Gasteiger partial charge in [0.1, 0.15) is 0 Å². The molecule has 118 valence electrons. The molecule has 0 aromatic rings. The number of hydrogen-bond acceptors (Lipinski definition) is 2. The van der Waals surface area contributed by atoms with Gasteiger partial charge in [-0.25, -0.2) is 8.78 Å². The van der Waals surface area contributed by atoms with Gasteiger partial charge in [-0.15, -0.1) is 0 Å². The van der Waals surface area contributed by atoms with Gasteiger partial charge in [0.25, 0.3) is 5.92 Å². The van der Waals surface area contributed by atoms with Gasteiger partial charge in [0, 0.05) is 11.6 Å². The molecule has 1 unspecified atom stereocenters. The topological polar surface area (TPSA) is 38.0 Å². The van der Waals surface area contributed by atoms with Gasteiger partial charge in [-0.1, -0.05) is 25.2 Å². The summed E-state index contributed by atoms with van der Waals surface area (Å²) in [5.41, 5.74) is 8.45. The molecule has 3 N–H and O–H groups in total. The molecule has 0 bridgehead atoms. The molecule has 0 aromatic heterocycles. The Morgan fingerprint density at radius 1 is 1.38 bits per heavy atom. The predicted molar refractivity (Wildman–Crippen MR) is 83.0 cm³/mol. The van der Waals surface area contributed by atoms with Gasteiger partial charge >= 0.3 is 0 Å². The van der Waals surface area contributed by atoms with Gasteiger partial charge in [-0.05, 0) is 56.2 Å². The second-order valence-corrected chi connectivity index (χ2v) is 6.18. The van der Waals surface area contributed by atoms with Crippen molar-refractivity contribution in [3.8, 4) is 0 Å². The zero-order chi connectivity index (χ0) is 15.5. The Bertz CT molecular complexity index is 448. The molecule has 1 heterocycles. The molecule has 0 radical (unpaired) electrons. The van der Waals surface area contributed by atoms with Crippen LogP contribution in [0.2, 0.25) is 0 Å². The highest BCUT2D eigenvalue weighted by atomic mass is 19.3. The van der Waals surface area contributed by atoms with Gasteiger partial charge in [-0.2, -0.15) is 0 Å². The number of hydrogen-bond donors (Lipinski definition) is 2. The van der Waals surface area contributed by atoms with Crippen LogP contribution >= 0.6 is 0 Å². The first-order chi connectivity index (χ1) is 9.97. The average Bonchev–Trinajstić information content (AvgIpc) is 3.26. The quantitative estimate of drug-likeness (QED) is 0.732. The molecule has 0 aromatic carbocycles. The van der Waals surface area contributed by atoms with E-state index in [9.17, 15) is 8.78 Å². The van der Waals surface area contributed by atoms with Crippen molar-refractivity contribution in [1.82, 2.24) is 5.32 Å². The summed E-state index contributed by atoms with van der Waals surface area (Å²) in [5, 5.41) is 2.78. The number of nitrogens with one attached hydrogen (secondary N) is 1. The fourth-order valence-electron chi connectivity index (χ4n) is 2.99. The Balaban J connectivity index is 2.25. The van der Waals surface area contributed by atoms with Crippen LogP contribution in [0.25, 0.3) is 0 Å². The Hall–Kier alpha value is -1.16. The van der Waals surface area contributed by atoms with Crippen molar-refractivity contribution in [3.63, 3.8) is 0 Å². The zero-order valence-electron chi connectivity index (χ0n) is 12.8. The largest absolute Gasteiger partial charge is 0.399 e. The highest BCUT2D eigenvalue weighted by Gasteiger charge is 2.42. The van der Waals surface area contributed by atoms with E-state index in [0.29, 0.717) is 31.0 Å². The molecule has 1 saturated heterocycles. The Labute approximate surface area is 126 Å². The summed E-state index contributed by atoms with van der Waals surface area (Å²) < 4.78 is 28.3. The first-order valence-corrected chi connectivity index (χ1v) is 7.88. The highest BCUT2D eigenvalue weighted by Crippen LogP contribution is 2.40. The molecule has 2 aliphatic rings. The van der Waals surface area contributed by atoms with Crippen LogP contribution in [-0.2, 0) is 0 Å². The van der Waals surface area contributed by atoms with E-state index >= 15 is 0 Å². The third-order valence-corrected chi connectivity index (χ3v) is 4.49. The van der Waals surface area contributed by atoms with Crippen molar-refractivity contribution in [2.24, 2.45) is 17.6 Å². The summed E-state index contributed by atoms with van der Waals surface area (Å²) in [7, 11) is 0. The zero-order valence-corrected chi connectivity index (χ0v) is 12.8. The van der Waals surface area contributed by atoms with E-state index in [0.717, 1.165) is 17.6 Å². The Morgan fingerprint density at radius 2 is 2.10 bits per heavy atom. The summed E-state index contributed by atoms with van der Waals surface area (Å²) in [5.74, 6) is -2.68. The first-order valence-electron chi connectivity index (χ1n) is 7.88. The van der Waals surface area contributed by atoms with E-state index in [1.807, 2.05) is 13.0 Å². The second kappa shape index (κ2) is 6.73. The van der Waals surface area contributed by atoms with E-state index in [-0.39, 0.29) is 6.54 Å². The first kappa shape index (κ1) is 16.2. The Kier molecular flexibility index (Phi) is 5.20. The van der Waals surface area contributed by atoms with Crippen molar-refractivity contribution < 1.29 is 8.78 Å². The molecule has 1 aliphatic carbocycles. The molecule has 1 aliphatic heterocycles. The fourth-order valence-corrected chi connectivity index (χ4v) is 2.99. The standard InChI is InChI=1S/C17H26F2N2/c1-3-13(15-7-8-21-11-17(15,18)19)10-14(16(20)4-2)9-12-5-6-12/h4,10,12,15,21H,2-3,5-9,11,20H2,1H3/b13-10+,16-14+. The number of nitrogens with two attached hydrogens (primary N) is 1. The molecule has 4 heteroatoms. The van der Waals surface area contributed by atoms with Gasteiger partial charge in [0.05, 0.1) is 6.54 Å². The van der Waals surface area contributed by atoms with Gasteiger partial charge in [0.2, 0.25) is 0 Å². The van der Waals surface area contributed by atoms with Crippen molar-refractivity contribution in [3.05, 3.63) is 35.6 Å². The molecular weight excluding hydrogens is 270 g/mol. The minimum Gasteiger partial charge on any atom is -0.399 e. The molecule has 0 amide bonds. The molecule has 1 atom stereocenters. The summed E-state index contributed by atoms with van der Waals surface area (Å²) in [6, 6.07) is 0. The van der Waals surface area contributed by atoms with E-state index in [1.54, 1.807) is 6.08 Å². The molecule has 2 fully saturated rings. The third-order valence-electron chi connectivity index (χ3n) is 4.49. The van der Waals surface area contributed by atoms with Crippen LogP contribution < -0.4 is 11.1 Å². The average molecular weight is 296 g/mol. The van der Waals surface area contributed by atoms with Crippen molar-refractivity contribution in [2.45, 2.75) is 45.0 Å². The van der Waals surface area contributed by atoms with Crippen LogP contribution in [0.5, 0.6) is 0 Å². The lowest BCUT2D eigenvalue weighted by molar-refractivity contribution is -0.0597. The summed E-state index contributed by atoms with van der Waals surface area (Å²) in [6.45, 7) is 6.08. The number of halogens is 2. The molecule has 2 rings (SSSR count). The lowest BCUT2D eigenvalue weighted by Crippen LogP contribution is -2.46. The minimum atomic E-state index is -2.67. The maximum Gasteiger partial charge on any atom is 0.266 e. The number of alkyl halides is 2. The molecule has 0 spiro atoms. The number of rotatable bonds is 6. The van der Waals surface area contributed by atoms with E-state index in [2.05, 4.69) is 11.9 Å². The van der Waals surface area contributed by atoms with Crippen LogP contribution in [0.3, 0.4) is 0 Å². The van der Waals surface area contributed by atoms with E-state index in [1.165, 1.54) is 12.8 Å². The summed E-state index contributed by atoms with van der Waals surface area (Å²) in [6.07, 6.45) is 7.99. The lowest BCUT2D eigenvalue weighted by atomic mass is 9.83. The maximum absolute atomic E-state index is 14.1. The molecule has 21 heavy (non-hydrogen) atoms. The normalized spacial score (nSPS) is 27.2. The van der Waals surface area contributed by atoms with Gasteiger partial charge in [0.15, 0.2) is 0 Å². The number of piperidine rings is 1. The van der Waals surface area contributed by atoms with Crippen LogP contribution in [0, 0.1) is 11.8 Å². The van der Waals surface area contributed by atoms with E-state index < -0.39 is 11.8 Å². The predicted octanol–water partition coefficient (Wildman–Crippen LogP) is 3.77. The van der Waals surface area contributed by atoms with Crippen LogP contribution in [0.4, 0.5) is 8.78 Å². The third kappa shape index (κ3) is 4.16. The minimum absolute atomic E-state index is 0.229. The smallest absolute Gasteiger partial charge is 0.266 e. The van der Waals surface area contributed by atoms with Crippen molar-refractivity contribution in [1.29, 1.82) is 0 Å². The SMILES string of the molecule is C=C/C(N)=C(\C=C(/CC)C1CCNCC1(F)F)CC1CC1. The molecule has 1 saturated carbocycles. The van der Waals surface area contributed by atoms with Gasteiger partial charge < -0.3 is 11.1 Å². The molecular formula is C17H26F2N2. The maximum atomic E-state index is 14.1. The van der Waals surface area contributed by atoms with Crippen LogP contribution in [0.1, 0.15) is 39.0 Å². The monoisotopic (exact) mass is 296 g/mol. The second-order valence-electron chi connectivity index (χ2n) is 6.18. The Morgan fingerprint density at radius 3 is 2.62 bits per heavy atom. The van der Waals surface area contributed by atoms with Crippen molar-refractivity contribution >= 4 is 0 Å². The van der Waals surface area contributed by atoms with Crippen LogP contribution in [0.15, 0.2) is 35.6 Å². The van der Waals surface area contributed by atoms with Crippen molar-refractivity contribution in [2.75, 3.05) is 13.1 Å². The lowest BCUT2D eigenvalue weighted by Gasteiger charge is -2.33. The summed E-state index contributed by atoms with van der Waals surface area (Å²) >= 11 is 0. The van der Waals surface area contributed by atoms with Crippen LogP contribution in [-0.4, -0.2) is 19.0 Å². The fraction of sp³-hybridized carbons (Fsp3) is 0.647. The summed E-state index contributed by atoms with van der Waals surface area (Å²) in [4.78, 5) is 0. The van der Waals surface area contributed by atoms with E-state index in [4.69, 9.17) is 5.73 Å². The molecule has 2 nitrogen and oxygen atoms in total.